The number of hydrogen-bond donors (Lipinski definition) is 1. The molecule has 5 heteroatoms. The van der Waals surface area contributed by atoms with Gasteiger partial charge in [0.2, 0.25) is 5.91 Å². The molecule has 2 aromatic rings. The maximum absolute atomic E-state index is 14.2. The zero-order valence-corrected chi connectivity index (χ0v) is 17.2. The van der Waals surface area contributed by atoms with Gasteiger partial charge in [0.05, 0.1) is 6.61 Å². The van der Waals surface area contributed by atoms with Crippen LogP contribution in [-0.4, -0.2) is 29.0 Å². The van der Waals surface area contributed by atoms with Crippen molar-refractivity contribution in [3.63, 3.8) is 0 Å². The molecular formula is C24H31FN2O2. The Hall–Kier alpha value is -2.24. The third-order valence-corrected chi connectivity index (χ3v) is 5.60. The van der Waals surface area contributed by atoms with Gasteiger partial charge in [-0.3, -0.25) is 9.69 Å². The molecular weight excluding hydrogens is 367 g/mol. The highest BCUT2D eigenvalue weighted by Gasteiger charge is 2.19. The second kappa shape index (κ2) is 10.5. The fourth-order valence-corrected chi connectivity index (χ4v) is 4.00. The maximum Gasteiger partial charge on any atom is 0.223 e. The maximum atomic E-state index is 14.2. The lowest BCUT2D eigenvalue weighted by molar-refractivity contribution is -0.116. The van der Waals surface area contributed by atoms with E-state index in [-0.39, 0.29) is 18.3 Å². The van der Waals surface area contributed by atoms with Gasteiger partial charge in [-0.15, -0.1) is 0 Å². The highest BCUT2D eigenvalue weighted by atomic mass is 19.1. The van der Waals surface area contributed by atoms with Gasteiger partial charge in [-0.25, -0.2) is 4.39 Å². The predicted octanol–water partition coefficient (Wildman–Crippen LogP) is 4.64. The van der Waals surface area contributed by atoms with Crippen LogP contribution in [0, 0.1) is 5.82 Å². The second-order valence-corrected chi connectivity index (χ2v) is 7.86. The first-order valence-electron chi connectivity index (χ1n) is 10.5. The van der Waals surface area contributed by atoms with Crippen LogP contribution in [-0.2, 0) is 24.5 Å². The largest absolute Gasteiger partial charge is 0.392 e. The third kappa shape index (κ3) is 5.87. The van der Waals surface area contributed by atoms with Crippen molar-refractivity contribution in [1.82, 2.24) is 4.90 Å². The van der Waals surface area contributed by atoms with Crippen LogP contribution in [0.25, 0.3) is 0 Å². The minimum Gasteiger partial charge on any atom is -0.392 e. The number of halogens is 1. The fraction of sp³-hybridized carbons (Fsp3) is 0.458. The quantitative estimate of drug-likeness (QED) is 0.819. The number of carbonyl (C=O) groups excluding carboxylic acids is 1. The smallest absolute Gasteiger partial charge is 0.223 e. The van der Waals surface area contributed by atoms with E-state index in [1.807, 2.05) is 35.2 Å². The van der Waals surface area contributed by atoms with Gasteiger partial charge in [-0.2, -0.15) is 0 Å². The van der Waals surface area contributed by atoms with Gasteiger partial charge in [0.15, 0.2) is 0 Å². The van der Waals surface area contributed by atoms with Crippen LogP contribution >= 0.6 is 0 Å². The Morgan fingerprint density at radius 1 is 1.03 bits per heavy atom. The zero-order chi connectivity index (χ0) is 20.6. The lowest BCUT2D eigenvalue weighted by Gasteiger charge is -2.29. The average molecular weight is 399 g/mol. The number of hydrogen-bond acceptors (Lipinski definition) is 3. The number of carbonyl (C=O) groups is 1. The molecule has 29 heavy (non-hydrogen) atoms. The van der Waals surface area contributed by atoms with E-state index in [0.29, 0.717) is 25.2 Å². The van der Waals surface area contributed by atoms with Crippen LogP contribution in [0.1, 0.15) is 55.7 Å². The lowest BCUT2D eigenvalue weighted by atomic mass is 10.0. The Morgan fingerprint density at radius 3 is 2.48 bits per heavy atom. The Morgan fingerprint density at radius 2 is 1.76 bits per heavy atom. The van der Waals surface area contributed by atoms with Crippen LogP contribution in [0.4, 0.5) is 10.1 Å². The van der Waals surface area contributed by atoms with Crippen LogP contribution < -0.4 is 4.90 Å². The van der Waals surface area contributed by atoms with Crippen molar-refractivity contribution < 1.29 is 14.3 Å². The molecule has 0 bridgehead atoms. The van der Waals surface area contributed by atoms with E-state index in [1.54, 1.807) is 13.0 Å². The molecule has 0 aromatic heterocycles. The molecule has 1 N–H and O–H groups in total. The monoisotopic (exact) mass is 398 g/mol. The van der Waals surface area contributed by atoms with Gasteiger partial charge in [0, 0.05) is 37.8 Å². The van der Waals surface area contributed by atoms with Crippen molar-refractivity contribution in [2.75, 3.05) is 18.0 Å². The standard InChI is InChI=1S/C24H31FN2O2/c1-19(29)27-14-8-4-2-3-7-13-26(16-21-9-5-6-10-23(21)25)17-22-12-11-20(18-28)15-24(22)27/h5-6,9-12,15,28H,2-4,7-8,13-14,16-18H2,1H3. The molecule has 4 nitrogen and oxygen atoms in total. The Kier molecular flexibility index (Phi) is 7.78. The molecule has 1 heterocycles. The minimum absolute atomic E-state index is 0.0130. The van der Waals surface area contributed by atoms with Gasteiger partial charge in [-0.1, -0.05) is 49.6 Å². The second-order valence-electron chi connectivity index (χ2n) is 7.86. The Bertz CT molecular complexity index is 824. The van der Waals surface area contributed by atoms with E-state index in [4.69, 9.17) is 0 Å². The molecule has 0 saturated carbocycles. The molecule has 0 atom stereocenters. The zero-order valence-electron chi connectivity index (χ0n) is 17.2. The molecule has 0 unspecified atom stereocenters. The van der Waals surface area contributed by atoms with E-state index in [1.165, 1.54) is 6.07 Å². The molecule has 156 valence electrons. The summed E-state index contributed by atoms with van der Waals surface area (Å²) < 4.78 is 14.2. The summed E-state index contributed by atoms with van der Waals surface area (Å²) in [5, 5.41) is 9.59. The lowest BCUT2D eigenvalue weighted by Crippen LogP contribution is -2.32. The Labute approximate surface area is 173 Å². The number of aliphatic hydroxyl groups is 1. The molecule has 1 amide bonds. The van der Waals surface area contributed by atoms with E-state index in [9.17, 15) is 14.3 Å². The summed E-state index contributed by atoms with van der Waals surface area (Å²) in [7, 11) is 0. The van der Waals surface area contributed by atoms with Crippen LogP contribution in [0.5, 0.6) is 0 Å². The molecule has 1 aliphatic rings. The number of fused-ring (bicyclic) bond motifs is 1. The van der Waals surface area contributed by atoms with Crippen LogP contribution in [0.3, 0.4) is 0 Å². The number of anilines is 1. The van der Waals surface area contributed by atoms with Crippen LogP contribution in [0.15, 0.2) is 42.5 Å². The number of aliphatic hydroxyl groups excluding tert-OH is 1. The SMILES string of the molecule is CC(=O)N1CCCCCCCN(Cc2ccccc2F)Cc2ccc(CO)cc21. The number of rotatable bonds is 3. The first-order valence-corrected chi connectivity index (χ1v) is 10.5. The average Bonchev–Trinajstić information content (AvgIpc) is 2.70. The summed E-state index contributed by atoms with van der Waals surface area (Å²) in [6.45, 7) is 4.28. The van der Waals surface area contributed by atoms with Gasteiger partial charge >= 0.3 is 0 Å². The topological polar surface area (TPSA) is 43.8 Å². The molecule has 0 radical (unpaired) electrons. The normalized spacial score (nSPS) is 16.6. The van der Waals surface area contributed by atoms with Crippen molar-refractivity contribution >= 4 is 11.6 Å². The number of benzene rings is 2. The number of nitrogens with zero attached hydrogens (tertiary/aromatic N) is 2. The minimum atomic E-state index is -0.181. The predicted molar refractivity (Wildman–Crippen MR) is 114 cm³/mol. The van der Waals surface area contributed by atoms with Crippen molar-refractivity contribution in [1.29, 1.82) is 0 Å². The summed E-state index contributed by atoms with van der Waals surface area (Å²) >= 11 is 0. The first kappa shape index (κ1) is 21.5. The van der Waals surface area contributed by atoms with Crippen molar-refractivity contribution in [2.45, 2.75) is 58.7 Å². The van der Waals surface area contributed by atoms with Crippen molar-refractivity contribution in [3.8, 4) is 0 Å². The number of amides is 1. The summed E-state index contributed by atoms with van der Waals surface area (Å²) in [5.41, 5.74) is 3.39. The van der Waals surface area contributed by atoms with Gasteiger partial charge in [0.25, 0.3) is 0 Å². The fourth-order valence-electron chi connectivity index (χ4n) is 4.00. The van der Waals surface area contributed by atoms with Gasteiger partial charge in [-0.05, 0) is 42.6 Å². The van der Waals surface area contributed by atoms with Crippen LogP contribution in [0.2, 0.25) is 0 Å². The summed E-state index contributed by atoms with van der Waals surface area (Å²) in [6, 6.07) is 12.7. The molecule has 2 aromatic carbocycles. The van der Waals surface area contributed by atoms with Crippen molar-refractivity contribution in [3.05, 3.63) is 65.0 Å². The summed E-state index contributed by atoms with van der Waals surface area (Å²) in [5.74, 6) is -0.168. The molecule has 0 aliphatic carbocycles. The van der Waals surface area contributed by atoms with Crippen molar-refractivity contribution in [2.24, 2.45) is 0 Å². The molecule has 1 aliphatic heterocycles. The molecule has 0 saturated heterocycles. The highest BCUT2D eigenvalue weighted by molar-refractivity contribution is 5.92. The van der Waals surface area contributed by atoms with Gasteiger partial charge in [0.1, 0.15) is 5.82 Å². The Balaban J connectivity index is 1.94. The molecule has 0 spiro atoms. The van der Waals surface area contributed by atoms with E-state index in [2.05, 4.69) is 4.90 Å². The summed E-state index contributed by atoms with van der Waals surface area (Å²) in [4.78, 5) is 16.5. The summed E-state index contributed by atoms with van der Waals surface area (Å²) in [6.07, 6.45) is 5.43. The molecule has 0 fully saturated rings. The van der Waals surface area contributed by atoms with Gasteiger partial charge < -0.3 is 10.0 Å². The van der Waals surface area contributed by atoms with E-state index < -0.39 is 0 Å². The highest BCUT2D eigenvalue weighted by Crippen LogP contribution is 2.27. The molecule has 3 rings (SSSR count). The van der Waals surface area contributed by atoms with E-state index in [0.717, 1.165) is 55.5 Å². The van der Waals surface area contributed by atoms with E-state index >= 15 is 0 Å². The first-order chi connectivity index (χ1) is 14.1. The third-order valence-electron chi connectivity index (χ3n) is 5.60.